The van der Waals surface area contributed by atoms with Crippen molar-refractivity contribution in [3.05, 3.63) is 40.4 Å². The maximum atomic E-state index is 11.5. The number of nitrogens with zero attached hydrogens (tertiary/aromatic N) is 1. The normalized spacial score (nSPS) is 10.5. The first kappa shape index (κ1) is 13.7. The van der Waals surface area contributed by atoms with E-state index in [-0.39, 0.29) is 0 Å². The second-order valence-electron chi connectivity index (χ2n) is 4.05. The third kappa shape index (κ3) is 3.00. The van der Waals surface area contributed by atoms with E-state index in [2.05, 4.69) is 4.98 Å². The van der Waals surface area contributed by atoms with Crippen molar-refractivity contribution in [3.8, 4) is 10.6 Å². The van der Waals surface area contributed by atoms with Gasteiger partial charge in [0.25, 0.3) is 0 Å². The molecule has 0 radical (unpaired) electrons. The van der Waals surface area contributed by atoms with Gasteiger partial charge in [0.1, 0.15) is 5.01 Å². The molecule has 0 saturated carbocycles. The number of aromatic nitrogens is 1. The monoisotopic (exact) mass is 277 g/mol. The van der Waals surface area contributed by atoms with E-state index >= 15 is 0 Å². The highest BCUT2D eigenvalue weighted by Crippen LogP contribution is 2.28. The van der Waals surface area contributed by atoms with Gasteiger partial charge in [0.05, 0.1) is 13.7 Å². The minimum absolute atomic E-state index is 0.392. The van der Waals surface area contributed by atoms with Gasteiger partial charge in [0, 0.05) is 17.6 Å². The molecule has 4 nitrogen and oxygen atoms in total. The van der Waals surface area contributed by atoms with E-state index < -0.39 is 5.97 Å². The van der Waals surface area contributed by atoms with Gasteiger partial charge in [-0.1, -0.05) is 24.3 Å². The van der Waals surface area contributed by atoms with Crippen LogP contribution in [-0.2, 0) is 16.1 Å². The molecule has 2 aromatic rings. The van der Waals surface area contributed by atoms with Crippen LogP contribution < -0.4 is 0 Å². The van der Waals surface area contributed by atoms with E-state index in [9.17, 15) is 4.79 Å². The molecule has 100 valence electrons. The Balaban J connectivity index is 2.29. The Bertz CT molecular complexity index is 575. The molecule has 0 fully saturated rings. The van der Waals surface area contributed by atoms with Crippen molar-refractivity contribution >= 4 is 17.3 Å². The van der Waals surface area contributed by atoms with Crippen LogP contribution in [0.5, 0.6) is 0 Å². The lowest BCUT2D eigenvalue weighted by Gasteiger charge is -2.00. The maximum absolute atomic E-state index is 11.5. The average molecular weight is 277 g/mol. The Labute approximate surface area is 116 Å². The number of ether oxygens (including phenoxy) is 2. The Morgan fingerprint density at radius 3 is 2.53 bits per heavy atom. The fourth-order valence-electron chi connectivity index (χ4n) is 1.72. The van der Waals surface area contributed by atoms with Crippen LogP contribution in [0.15, 0.2) is 24.3 Å². The Hall–Kier alpha value is -1.72. The van der Waals surface area contributed by atoms with Crippen LogP contribution in [0.1, 0.15) is 20.9 Å². The zero-order chi connectivity index (χ0) is 13.8. The largest absolute Gasteiger partial charge is 0.464 e. The van der Waals surface area contributed by atoms with Gasteiger partial charge in [0.15, 0.2) is 5.69 Å². The van der Waals surface area contributed by atoms with Crippen molar-refractivity contribution in [2.45, 2.75) is 13.5 Å². The van der Waals surface area contributed by atoms with Crippen molar-refractivity contribution in [3.63, 3.8) is 0 Å². The van der Waals surface area contributed by atoms with Gasteiger partial charge in [-0.05, 0) is 12.5 Å². The number of hydrogen-bond donors (Lipinski definition) is 0. The SMILES string of the molecule is COCc1ccc(-c2nc(C(=O)OC)c(C)s2)cc1. The van der Waals surface area contributed by atoms with Crippen LogP contribution in [0.25, 0.3) is 10.6 Å². The summed E-state index contributed by atoms with van der Waals surface area (Å²) in [5.74, 6) is -0.393. The van der Waals surface area contributed by atoms with Crippen molar-refractivity contribution in [1.82, 2.24) is 4.98 Å². The van der Waals surface area contributed by atoms with Gasteiger partial charge in [-0.2, -0.15) is 0 Å². The molecule has 1 heterocycles. The van der Waals surface area contributed by atoms with E-state index in [1.54, 1.807) is 7.11 Å². The Morgan fingerprint density at radius 1 is 1.26 bits per heavy atom. The number of carbonyl (C=O) groups is 1. The van der Waals surface area contributed by atoms with E-state index in [1.165, 1.54) is 18.4 Å². The number of aryl methyl sites for hydroxylation is 1. The van der Waals surface area contributed by atoms with Gasteiger partial charge in [0.2, 0.25) is 0 Å². The molecule has 1 aromatic carbocycles. The van der Waals surface area contributed by atoms with E-state index in [4.69, 9.17) is 9.47 Å². The third-order valence-corrected chi connectivity index (χ3v) is 3.71. The van der Waals surface area contributed by atoms with Crippen molar-refractivity contribution in [2.75, 3.05) is 14.2 Å². The molecule has 1 aromatic heterocycles. The zero-order valence-corrected chi connectivity index (χ0v) is 11.9. The molecule has 0 spiro atoms. The molecule has 0 amide bonds. The highest BCUT2D eigenvalue weighted by Gasteiger charge is 2.16. The lowest BCUT2D eigenvalue weighted by Crippen LogP contribution is -2.03. The molecule has 19 heavy (non-hydrogen) atoms. The highest BCUT2D eigenvalue weighted by molar-refractivity contribution is 7.15. The van der Waals surface area contributed by atoms with Crippen molar-refractivity contribution in [1.29, 1.82) is 0 Å². The summed E-state index contributed by atoms with van der Waals surface area (Å²) >= 11 is 1.49. The molecular formula is C14H15NO3S. The summed E-state index contributed by atoms with van der Waals surface area (Å²) in [5, 5.41) is 0.821. The molecule has 5 heteroatoms. The van der Waals surface area contributed by atoms with Gasteiger partial charge in [-0.3, -0.25) is 0 Å². The molecule has 0 N–H and O–H groups in total. The van der Waals surface area contributed by atoms with Crippen molar-refractivity contribution in [2.24, 2.45) is 0 Å². The quantitative estimate of drug-likeness (QED) is 0.806. The predicted octanol–water partition coefficient (Wildman–Crippen LogP) is 3.05. The first-order valence-electron chi connectivity index (χ1n) is 5.79. The van der Waals surface area contributed by atoms with Crippen LogP contribution in [-0.4, -0.2) is 25.2 Å². The van der Waals surface area contributed by atoms with Gasteiger partial charge >= 0.3 is 5.97 Å². The minimum Gasteiger partial charge on any atom is -0.464 e. The number of thiazole rings is 1. The fourth-order valence-corrected chi connectivity index (χ4v) is 2.62. The van der Waals surface area contributed by atoms with Crippen LogP contribution in [0.4, 0.5) is 0 Å². The molecule has 2 rings (SSSR count). The molecule has 0 atom stereocenters. The Morgan fingerprint density at radius 2 is 1.95 bits per heavy atom. The van der Waals surface area contributed by atoms with Gasteiger partial charge in [-0.15, -0.1) is 11.3 Å². The maximum Gasteiger partial charge on any atom is 0.357 e. The second-order valence-corrected chi connectivity index (χ2v) is 5.25. The zero-order valence-electron chi connectivity index (χ0n) is 11.1. The summed E-state index contributed by atoms with van der Waals surface area (Å²) in [6.07, 6.45) is 0. The number of carbonyl (C=O) groups excluding carboxylic acids is 1. The summed E-state index contributed by atoms with van der Waals surface area (Å²) < 4.78 is 9.77. The lowest BCUT2D eigenvalue weighted by molar-refractivity contribution is 0.0594. The number of esters is 1. The second kappa shape index (κ2) is 5.95. The number of methoxy groups -OCH3 is 2. The van der Waals surface area contributed by atoms with Gasteiger partial charge < -0.3 is 9.47 Å². The molecule has 0 bridgehead atoms. The summed E-state index contributed by atoms with van der Waals surface area (Å²) in [4.78, 5) is 16.7. The smallest absolute Gasteiger partial charge is 0.357 e. The van der Waals surface area contributed by atoms with E-state index in [1.807, 2.05) is 31.2 Å². The topological polar surface area (TPSA) is 48.4 Å². The number of hydrogen-bond acceptors (Lipinski definition) is 5. The molecule has 0 aliphatic rings. The van der Waals surface area contributed by atoms with Crippen LogP contribution in [0.3, 0.4) is 0 Å². The summed E-state index contributed by atoms with van der Waals surface area (Å²) in [5.41, 5.74) is 2.49. The molecule has 0 aliphatic carbocycles. The predicted molar refractivity (Wildman–Crippen MR) is 74.3 cm³/mol. The molecule has 0 unspecified atom stereocenters. The standard InChI is InChI=1S/C14H15NO3S/c1-9-12(14(16)18-3)15-13(19-9)11-6-4-10(5-7-11)8-17-2/h4-7H,8H2,1-3H3. The molecule has 0 aliphatic heterocycles. The third-order valence-electron chi connectivity index (χ3n) is 2.69. The molecular weight excluding hydrogens is 262 g/mol. The number of benzene rings is 1. The lowest BCUT2D eigenvalue weighted by atomic mass is 10.1. The summed E-state index contributed by atoms with van der Waals surface area (Å²) in [6, 6.07) is 7.95. The molecule has 0 saturated heterocycles. The number of rotatable bonds is 4. The van der Waals surface area contributed by atoms with Crippen LogP contribution >= 0.6 is 11.3 Å². The Kier molecular flexibility index (Phi) is 4.29. The minimum atomic E-state index is -0.393. The fraction of sp³-hybridized carbons (Fsp3) is 0.286. The van der Waals surface area contributed by atoms with Gasteiger partial charge in [-0.25, -0.2) is 9.78 Å². The summed E-state index contributed by atoms with van der Waals surface area (Å²) in [7, 11) is 3.03. The highest BCUT2D eigenvalue weighted by atomic mass is 32.1. The van der Waals surface area contributed by atoms with Crippen LogP contribution in [0, 0.1) is 6.92 Å². The van der Waals surface area contributed by atoms with E-state index in [0.717, 1.165) is 21.0 Å². The van der Waals surface area contributed by atoms with Crippen LogP contribution in [0.2, 0.25) is 0 Å². The summed E-state index contributed by atoms with van der Waals surface area (Å²) in [6.45, 7) is 2.46. The van der Waals surface area contributed by atoms with E-state index in [0.29, 0.717) is 12.3 Å². The first-order valence-corrected chi connectivity index (χ1v) is 6.61. The first-order chi connectivity index (χ1) is 9.15. The van der Waals surface area contributed by atoms with Crippen molar-refractivity contribution < 1.29 is 14.3 Å². The average Bonchev–Trinajstić information content (AvgIpc) is 2.81.